The molecule has 0 amide bonds. The number of hydrogen-bond donors (Lipinski definition) is 0. The van der Waals surface area contributed by atoms with Crippen LogP contribution in [0, 0.1) is 0 Å². The number of carbonyl (C=O) groups excluding carboxylic acids is 1. The van der Waals surface area contributed by atoms with Crippen LogP contribution in [0.5, 0.6) is 0 Å². The summed E-state index contributed by atoms with van der Waals surface area (Å²) in [5.74, 6) is -0.171. The molecule has 24 heavy (non-hydrogen) atoms. The van der Waals surface area contributed by atoms with E-state index in [1.807, 2.05) is 0 Å². The Morgan fingerprint density at radius 1 is 1.00 bits per heavy atom. The normalized spacial score (nSPS) is 11.5. The Labute approximate surface area is 154 Å². The average Bonchev–Trinajstić information content (AvgIpc) is 3.08. The van der Waals surface area contributed by atoms with Crippen LogP contribution in [0.2, 0.25) is 15.1 Å². The first-order chi connectivity index (χ1) is 11.5. The van der Waals surface area contributed by atoms with E-state index in [1.165, 1.54) is 0 Å². The number of allylic oxidation sites excluding steroid dienone is 1. The molecule has 2 aromatic carbocycles. The maximum absolute atomic E-state index is 12.9. The van der Waals surface area contributed by atoms with Crippen molar-refractivity contribution < 1.29 is 4.79 Å². The Kier molecular flexibility index (Phi) is 5.05. The van der Waals surface area contributed by atoms with E-state index in [4.69, 9.17) is 34.8 Å². The molecule has 0 aliphatic heterocycles. The summed E-state index contributed by atoms with van der Waals surface area (Å²) in [6, 6.07) is 11.8. The van der Waals surface area contributed by atoms with Gasteiger partial charge < -0.3 is 4.57 Å². The highest BCUT2D eigenvalue weighted by Gasteiger charge is 2.15. The van der Waals surface area contributed by atoms with Crippen molar-refractivity contribution in [3.63, 3.8) is 0 Å². The average molecular weight is 378 g/mol. The van der Waals surface area contributed by atoms with Gasteiger partial charge in [0.1, 0.15) is 0 Å². The second kappa shape index (κ2) is 7.22. The molecule has 0 saturated heterocycles. The van der Waals surface area contributed by atoms with Gasteiger partial charge in [-0.3, -0.25) is 4.79 Å². The molecule has 1 aromatic heterocycles. The van der Waals surface area contributed by atoms with E-state index in [0.717, 1.165) is 0 Å². The highest BCUT2D eigenvalue weighted by molar-refractivity contribution is 6.36. The van der Waals surface area contributed by atoms with Crippen LogP contribution >= 0.6 is 34.8 Å². The molecule has 0 radical (unpaired) electrons. The zero-order valence-electron chi connectivity index (χ0n) is 12.3. The minimum atomic E-state index is -0.171. The smallest absolute Gasteiger partial charge is 0.209 e. The predicted molar refractivity (Wildman–Crippen MR) is 98.6 cm³/mol. The molecule has 0 bridgehead atoms. The van der Waals surface area contributed by atoms with E-state index in [9.17, 15) is 4.79 Å². The number of benzene rings is 2. The van der Waals surface area contributed by atoms with Crippen molar-refractivity contribution in [2.45, 2.75) is 0 Å². The van der Waals surface area contributed by atoms with E-state index in [-0.39, 0.29) is 5.78 Å². The standard InChI is InChI=1S/C18H11Cl3N2O/c19-14-4-1-12(2-5-14)18(24)17(23-8-7-22-11-23)9-13-3-6-15(20)10-16(13)21/h1-11H. The number of ketones is 1. The molecule has 3 rings (SSSR count). The lowest BCUT2D eigenvalue weighted by atomic mass is 10.1. The molecule has 0 saturated carbocycles. The molecule has 1 heterocycles. The molecular formula is C18H11Cl3N2O. The van der Waals surface area contributed by atoms with Crippen molar-refractivity contribution in [2.75, 3.05) is 0 Å². The highest BCUT2D eigenvalue weighted by atomic mass is 35.5. The summed E-state index contributed by atoms with van der Waals surface area (Å²) in [6.07, 6.45) is 6.57. The summed E-state index contributed by atoms with van der Waals surface area (Å²) in [6.45, 7) is 0. The van der Waals surface area contributed by atoms with E-state index < -0.39 is 0 Å². The van der Waals surface area contributed by atoms with Crippen LogP contribution in [-0.4, -0.2) is 15.3 Å². The summed E-state index contributed by atoms with van der Waals surface area (Å²) in [5.41, 5.74) is 1.62. The monoisotopic (exact) mass is 376 g/mol. The highest BCUT2D eigenvalue weighted by Crippen LogP contribution is 2.25. The lowest BCUT2D eigenvalue weighted by Gasteiger charge is -2.09. The van der Waals surface area contributed by atoms with Gasteiger partial charge in [-0.2, -0.15) is 0 Å². The number of imidazole rings is 1. The number of carbonyl (C=O) groups is 1. The lowest BCUT2D eigenvalue weighted by Crippen LogP contribution is -2.08. The van der Waals surface area contributed by atoms with E-state index in [0.29, 0.717) is 31.9 Å². The topological polar surface area (TPSA) is 34.9 Å². The molecule has 6 heteroatoms. The molecule has 3 aromatic rings. The maximum atomic E-state index is 12.9. The number of halogens is 3. The number of rotatable bonds is 4. The minimum absolute atomic E-state index is 0.171. The summed E-state index contributed by atoms with van der Waals surface area (Å²) < 4.78 is 1.64. The van der Waals surface area contributed by atoms with Gasteiger partial charge in [0.25, 0.3) is 0 Å². The molecule has 0 aliphatic rings. The van der Waals surface area contributed by atoms with Crippen LogP contribution in [0.4, 0.5) is 0 Å². The van der Waals surface area contributed by atoms with Gasteiger partial charge in [-0.15, -0.1) is 0 Å². The fraction of sp³-hybridized carbons (Fsp3) is 0. The van der Waals surface area contributed by atoms with Gasteiger partial charge in [0.15, 0.2) is 0 Å². The summed E-state index contributed by atoms with van der Waals surface area (Å²) in [5, 5.41) is 1.56. The van der Waals surface area contributed by atoms with Gasteiger partial charge in [-0.05, 0) is 48.0 Å². The quantitative estimate of drug-likeness (QED) is 0.430. The Hall–Kier alpha value is -2.07. The van der Waals surface area contributed by atoms with Gasteiger partial charge in [-0.25, -0.2) is 4.98 Å². The van der Waals surface area contributed by atoms with Crippen LogP contribution in [-0.2, 0) is 0 Å². The van der Waals surface area contributed by atoms with Crippen LogP contribution in [0.25, 0.3) is 11.8 Å². The molecule has 3 nitrogen and oxygen atoms in total. The summed E-state index contributed by atoms with van der Waals surface area (Å²) in [4.78, 5) is 16.9. The largest absolute Gasteiger partial charge is 0.303 e. The second-order valence-electron chi connectivity index (χ2n) is 5.00. The second-order valence-corrected chi connectivity index (χ2v) is 6.28. The van der Waals surface area contributed by atoms with Crippen molar-refractivity contribution in [1.29, 1.82) is 0 Å². The van der Waals surface area contributed by atoms with Crippen LogP contribution < -0.4 is 0 Å². The molecule has 0 aliphatic carbocycles. The molecule has 0 fully saturated rings. The van der Waals surface area contributed by atoms with Gasteiger partial charge >= 0.3 is 0 Å². The zero-order chi connectivity index (χ0) is 17.1. The number of Topliss-reactive ketones (excluding diaryl/α,β-unsaturated/α-hetero) is 1. The number of hydrogen-bond acceptors (Lipinski definition) is 2. The fourth-order valence-electron chi connectivity index (χ4n) is 2.17. The maximum Gasteiger partial charge on any atom is 0.209 e. The van der Waals surface area contributed by atoms with Crippen molar-refractivity contribution >= 4 is 52.4 Å². The number of nitrogens with zero attached hydrogens (tertiary/aromatic N) is 2. The molecule has 120 valence electrons. The van der Waals surface area contributed by atoms with Gasteiger partial charge in [0.2, 0.25) is 5.78 Å². The SMILES string of the molecule is O=C(C(=Cc1ccc(Cl)cc1Cl)n1ccnc1)c1ccc(Cl)cc1. The first-order valence-corrected chi connectivity index (χ1v) is 8.13. The fourth-order valence-corrected chi connectivity index (χ4v) is 2.76. The van der Waals surface area contributed by atoms with Crippen molar-refractivity contribution in [1.82, 2.24) is 9.55 Å². The van der Waals surface area contributed by atoms with Gasteiger partial charge in [0, 0.05) is 33.0 Å². The van der Waals surface area contributed by atoms with Gasteiger partial charge in [0.05, 0.1) is 12.0 Å². The van der Waals surface area contributed by atoms with Crippen molar-refractivity contribution in [3.8, 4) is 0 Å². The van der Waals surface area contributed by atoms with Crippen LogP contribution in [0.1, 0.15) is 15.9 Å². The third kappa shape index (κ3) is 3.70. The molecule has 0 atom stereocenters. The lowest BCUT2D eigenvalue weighted by molar-refractivity contribution is 0.105. The zero-order valence-corrected chi connectivity index (χ0v) is 14.6. The van der Waals surface area contributed by atoms with E-state index >= 15 is 0 Å². The molecule has 0 N–H and O–H groups in total. The molecular weight excluding hydrogens is 367 g/mol. The summed E-state index contributed by atoms with van der Waals surface area (Å²) >= 11 is 18.0. The third-order valence-electron chi connectivity index (χ3n) is 3.38. The van der Waals surface area contributed by atoms with Crippen molar-refractivity contribution in [2.24, 2.45) is 0 Å². The Morgan fingerprint density at radius 3 is 2.33 bits per heavy atom. The number of aromatic nitrogens is 2. The van der Waals surface area contributed by atoms with Gasteiger partial charge in [-0.1, -0.05) is 40.9 Å². The first-order valence-electron chi connectivity index (χ1n) is 7.00. The van der Waals surface area contributed by atoms with Crippen LogP contribution in [0.15, 0.2) is 61.2 Å². The Bertz CT molecular complexity index is 901. The summed E-state index contributed by atoms with van der Waals surface area (Å²) in [7, 11) is 0. The third-order valence-corrected chi connectivity index (χ3v) is 4.19. The van der Waals surface area contributed by atoms with E-state index in [2.05, 4.69) is 4.98 Å². The molecule has 0 spiro atoms. The minimum Gasteiger partial charge on any atom is -0.303 e. The Balaban J connectivity index is 2.08. The van der Waals surface area contributed by atoms with Crippen LogP contribution in [0.3, 0.4) is 0 Å². The molecule has 0 unspecified atom stereocenters. The first kappa shape index (κ1) is 16.8. The van der Waals surface area contributed by atoms with E-state index in [1.54, 1.807) is 71.8 Å². The van der Waals surface area contributed by atoms with Crippen molar-refractivity contribution in [3.05, 3.63) is 87.4 Å². The Morgan fingerprint density at radius 2 is 1.71 bits per heavy atom. The predicted octanol–water partition coefficient (Wildman–Crippen LogP) is 5.72.